The highest BCUT2D eigenvalue weighted by molar-refractivity contribution is 5.50. The van der Waals surface area contributed by atoms with E-state index in [4.69, 9.17) is 9.84 Å². The molecule has 0 atom stereocenters. The van der Waals surface area contributed by atoms with Gasteiger partial charge in [-0.1, -0.05) is 24.3 Å². The Morgan fingerprint density at radius 2 is 1.94 bits per heavy atom. The minimum atomic E-state index is 0.201. The molecule has 3 heteroatoms. The molecule has 0 saturated carbocycles. The number of hydrogen-bond donors (Lipinski definition) is 2. The molecule has 0 heterocycles. The molecule has 0 fully saturated rings. The van der Waals surface area contributed by atoms with Crippen LogP contribution in [-0.4, -0.2) is 23.9 Å². The Kier molecular flexibility index (Phi) is 6.29. The van der Waals surface area contributed by atoms with Crippen molar-refractivity contribution in [2.45, 2.75) is 32.6 Å². The molecular weight excluding hydrogens is 228 g/mol. The summed E-state index contributed by atoms with van der Waals surface area (Å²) in [6, 6.07) is 3.92. The molecule has 3 nitrogen and oxygen atoms in total. The first-order valence-electron chi connectivity index (χ1n) is 6.32. The lowest BCUT2D eigenvalue weighted by Crippen LogP contribution is -1.93. The van der Waals surface area contributed by atoms with Crippen LogP contribution in [-0.2, 0) is 6.42 Å². The molecule has 0 radical (unpaired) electrons. The van der Waals surface area contributed by atoms with E-state index in [1.807, 2.05) is 25.1 Å². The van der Waals surface area contributed by atoms with Crippen molar-refractivity contribution in [2.75, 3.05) is 13.7 Å². The van der Waals surface area contributed by atoms with Crippen LogP contribution in [0.15, 0.2) is 24.3 Å². The van der Waals surface area contributed by atoms with E-state index >= 15 is 0 Å². The van der Waals surface area contributed by atoms with Crippen molar-refractivity contribution in [1.29, 1.82) is 0 Å². The zero-order valence-electron chi connectivity index (χ0n) is 11.1. The van der Waals surface area contributed by atoms with Crippen LogP contribution in [0.3, 0.4) is 0 Å². The first-order chi connectivity index (χ1) is 8.70. The predicted octanol–water partition coefficient (Wildman–Crippen LogP) is 2.97. The third kappa shape index (κ3) is 4.08. The van der Waals surface area contributed by atoms with Gasteiger partial charge in [-0.3, -0.25) is 0 Å². The van der Waals surface area contributed by atoms with Crippen molar-refractivity contribution in [2.24, 2.45) is 0 Å². The highest BCUT2D eigenvalue weighted by Crippen LogP contribution is 2.33. The van der Waals surface area contributed by atoms with Crippen molar-refractivity contribution in [3.8, 4) is 11.5 Å². The number of hydrogen-bond acceptors (Lipinski definition) is 3. The molecule has 0 unspecified atom stereocenters. The van der Waals surface area contributed by atoms with Crippen molar-refractivity contribution < 1.29 is 14.9 Å². The van der Waals surface area contributed by atoms with E-state index in [9.17, 15) is 5.11 Å². The minimum Gasteiger partial charge on any atom is -0.504 e. The lowest BCUT2D eigenvalue weighted by Gasteiger charge is -2.11. The molecule has 2 N–H and O–H groups in total. The summed E-state index contributed by atoms with van der Waals surface area (Å²) in [6.07, 6.45) is 7.52. The molecule has 0 bridgehead atoms. The van der Waals surface area contributed by atoms with E-state index in [2.05, 4.69) is 6.08 Å². The summed E-state index contributed by atoms with van der Waals surface area (Å²) in [6.45, 7) is 2.12. The number of benzene rings is 1. The van der Waals surface area contributed by atoms with Gasteiger partial charge < -0.3 is 14.9 Å². The van der Waals surface area contributed by atoms with Gasteiger partial charge in [-0.2, -0.15) is 0 Å². The van der Waals surface area contributed by atoms with Crippen molar-refractivity contribution >= 4 is 0 Å². The predicted molar refractivity (Wildman–Crippen MR) is 73.2 cm³/mol. The second-order valence-electron chi connectivity index (χ2n) is 4.30. The Hall–Kier alpha value is -1.48. The maximum absolute atomic E-state index is 10.0. The number of aromatic hydroxyl groups is 1. The fraction of sp³-hybridized carbons (Fsp3) is 0.467. The number of ether oxygens (including phenoxy) is 1. The Bertz CT molecular complexity index is 397. The fourth-order valence-electron chi connectivity index (χ4n) is 1.89. The molecule has 0 aliphatic heterocycles. The average molecular weight is 250 g/mol. The van der Waals surface area contributed by atoms with E-state index in [1.54, 1.807) is 7.11 Å². The molecule has 0 aliphatic rings. The number of methoxy groups -OCH3 is 1. The van der Waals surface area contributed by atoms with Crippen molar-refractivity contribution in [3.05, 3.63) is 35.4 Å². The highest BCUT2D eigenvalue weighted by Gasteiger charge is 2.09. The second-order valence-corrected chi connectivity index (χ2v) is 4.30. The van der Waals surface area contributed by atoms with E-state index in [1.165, 1.54) is 0 Å². The van der Waals surface area contributed by atoms with Gasteiger partial charge >= 0.3 is 0 Å². The zero-order chi connectivity index (χ0) is 13.4. The molecule has 0 amide bonds. The van der Waals surface area contributed by atoms with Crippen molar-refractivity contribution in [3.63, 3.8) is 0 Å². The van der Waals surface area contributed by atoms with Gasteiger partial charge in [-0.15, -0.1) is 0 Å². The summed E-state index contributed by atoms with van der Waals surface area (Å²) in [4.78, 5) is 0. The number of phenolic OH excluding ortho intramolecular Hbond substituents is 1. The molecule has 1 aromatic rings. The van der Waals surface area contributed by atoms with Gasteiger partial charge in [-0.05, 0) is 43.7 Å². The summed E-state index contributed by atoms with van der Waals surface area (Å²) >= 11 is 0. The summed E-state index contributed by atoms with van der Waals surface area (Å²) in [5.41, 5.74) is 1.87. The Labute approximate surface area is 109 Å². The van der Waals surface area contributed by atoms with Crippen LogP contribution in [0, 0.1) is 6.92 Å². The van der Waals surface area contributed by atoms with Gasteiger partial charge in [0.15, 0.2) is 11.5 Å². The number of aliphatic hydroxyl groups is 1. The lowest BCUT2D eigenvalue weighted by atomic mass is 10.0. The van der Waals surface area contributed by atoms with E-state index in [0.29, 0.717) is 12.2 Å². The highest BCUT2D eigenvalue weighted by atomic mass is 16.5. The number of unbranched alkanes of at least 4 members (excludes halogenated alkanes) is 1. The molecule has 18 heavy (non-hydrogen) atoms. The maximum Gasteiger partial charge on any atom is 0.163 e. The molecular formula is C15H22O3. The maximum atomic E-state index is 10.0. The zero-order valence-corrected chi connectivity index (χ0v) is 11.1. The first kappa shape index (κ1) is 14.6. The number of aliphatic hydroxyl groups excluding tert-OH is 1. The topological polar surface area (TPSA) is 49.7 Å². The molecule has 1 aromatic carbocycles. The molecule has 100 valence electrons. The SMILES string of the molecule is COc1c(C)ccc(CCC/C=C\CCO)c1O. The number of allylic oxidation sites excluding steroid dienone is 1. The summed E-state index contributed by atoms with van der Waals surface area (Å²) < 4.78 is 5.18. The fourth-order valence-corrected chi connectivity index (χ4v) is 1.89. The minimum absolute atomic E-state index is 0.201. The number of aryl methyl sites for hydroxylation is 2. The Morgan fingerprint density at radius 1 is 1.22 bits per heavy atom. The number of phenols is 1. The van der Waals surface area contributed by atoms with Gasteiger partial charge in [0.05, 0.1) is 7.11 Å². The second kappa shape index (κ2) is 7.77. The quantitative estimate of drug-likeness (QED) is 0.578. The van der Waals surface area contributed by atoms with Crippen LogP contribution in [0.25, 0.3) is 0 Å². The van der Waals surface area contributed by atoms with Crippen LogP contribution in [0.5, 0.6) is 11.5 Å². The van der Waals surface area contributed by atoms with Gasteiger partial charge in [0.25, 0.3) is 0 Å². The molecule has 0 aliphatic carbocycles. The van der Waals surface area contributed by atoms with Gasteiger partial charge in [0.2, 0.25) is 0 Å². The summed E-state index contributed by atoms with van der Waals surface area (Å²) in [7, 11) is 1.57. The van der Waals surface area contributed by atoms with Crippen molar-refractivity contribution in [1.82, 2.24) is 0 Å². The summed E-state index contributed by atoms with van der Waals surface area (Å²) in [5.74, 6) is 0.833. The van der Waals surface area contributed by atoms with Crippen LogP contribution in [0.4, 0.5) is 0 Å². The van der Waals surface area contributed by atoms with Gasteiger partial charge in [-0.25, -0.2) is 0 Å². The monoisotopic (exact) mass is 250 g/mol. The van der Waals surface area contributed by atoms with Gasteiger partial charge in [0.1, 0.15) is 0 Å². The Balaban J connectivity index is 2.53. The standard InChI is InChI=1S/C15H22O3/c1-12-9-10-13(14(17)15(12)18-2)8-6-4-3-5-7-11-16/h3,5,9-10,16-17H,4,6-8,11H2,1-2H3/b5-3-. The Morgan fingerprint density at radius 3 is 2.61 bits per heavy atom. The van der Waals surface area contributed by atoms with Crippen LogP contribution in [0.2, 0.25) is 0 Å². The van der Waals surface area contributed by atoms with E-state index < -0.39 is 0 Å². The molecule has 0 spiro atoms. The van der Waals surface area contributed by atoms with Crippen LogP contribution in [0.1, 0.15) is 30.4 Å². The van der Waals surface area contributed by atoms with Crippen LogP contribution < -0.4 is 4.74 Å². The molecule has 0 saturated heterocycles. The first-order valence-corrected chi connectivity index (χ1v) is 6.32. The molecule has 0 aromatic heterocycles. The summed E-state index contributed by atoms with van der Waals surface area (Å²) in [5, 5.41) is 18.7. The van der Waals surface area contributed by atoms with Gasteiger partial charge in [0, 0.05) is 6.61 Å². The normalized spacial score (nSPS) is 11.1. The molecule has 1 rings (SSSR count). The van der Waals surface area contributed by atoms with E-state index in [-0.39, 0.29) is 12.4 Å². The van der Waals surface area contributed by atoms with E-state index in [0.717, 1.165) is 30.4 Å². The van der Waals surface area contributed by atoms with Crippen LogP contribution >= 0.6 is 0 Å². The number of rotatable bonds is 7. The third-order valence-electron chi connectivity index (χ3n) is 2.90. The third-order valence-corrected chi connectivity index (χ3v) is 2.90. The largest absolute Gasteiger partial charge is 0.504 e. The lowest BCUT2D eigenvalue weighted by molar-refractivity contribution is 0.302. The smallest absolute Gasteiger partial charge is 0.163 e. The average Bonchev–Trinajstić information content (AvgIpc) is 2.36.